The molecule has 0 amide bonds. The molecule has 2 heterocycles. The minimum absolute atomic E-state index is 0. The lowest BCUT2D eigenvalue weighted by molar-refractivity contribution is 0.527. The van der Waals surface area contributed by atoms with Crippen molar-refractivity contribution < 1.29 is 0 Å². The van der Waals surface area contributed by atoms with Crippen LogP contribution in [0.25, 0.3) is 10.9 Å². The van der Waals surface area contributed by atoms with Crippen molar-refractivity contribution >= 4 is 34.9 Å². The fourth-order valence-corrected chi connectivity index (χ4v) is 2.30. The Balaban J connectivity index is 0.000000853. The van der Waals surface area contributed by atoms with E-state index >= 15 is 0 Å². The second-order valence-corrected chi connectivity index (χ2v) is 4.10. The molecule has 0 spiro atoms. The number of halogens is 2. The SMILES string of the molecule is Cl.Clc1ccc2c(c1)cc1n2CCNC1. The van der Waals surface area contributed by atoms with Crippen molar-refractivity contribution in [3.63, 3.8) is 0 Å². The van der Waals surface area contributed by atoms with E-state index in [1.54, 1.807) is 0 Å². The summed E-state index contributed by atoms with van der Waals surface area (Å²) in [5.41, 5.74) is 2.65. The van der Waals surface area contributed by atoms with E-state index < -0.39 is 0 Å². The van der Waals surface area contributed by atoms with Crippen LogP contribution < -0.4 is 5.32 Å². The molecule has 0 aliphatic carbocycles. The van der Waals surface area contributed by atoms with Gasteiger partial charge in [0.05, 0.1) is 0 Å². The molecular weight excluding hydrogens is 231 g/mol. The highest BCUT2D eigenvalue weighted by molar-refractivity contribution is 6.31. The first kappa shape index (κ1) is 10.8. The van der Waals surface area contributed by atoms with Crippen LogP contribution in [0, 0.1) is 0 Å². The van der Waals surface area contributed by atoms with Crippen molar-refractivity contribution in [2.24, 2.45) is 0 Å². The average molecular weight is 243 g/mol. The largest absolute Gasteiger partial charge is 0.342 e. The molecule has 0 radical (unpaired) electrons. The van der Waals surface area contributed by atoms with Crippen LogP contribution in [-0.2, 0) is 13.1 Å². The third-order valence-electron chi connectivity index (χ3n) is 2.77. The number of fused-ring (bicyclic) bond motifs is 3. The first-order valence-electron chi connectivity index (χ1n) is 4.83. The molecule has 1 aromatic heterocycles. The lowest BCUT2D eigenvalue weighted by Crippen LogP contribution is -2.27. The van der Waals surface area contributed by atoms with Crippen LogP contribution in [-0.4, -0.2) is 11.1 Å². The number of hydrogen-bond acceptors (Lipinski definition) is 1. The molecule has 0 atom stereocenters. The van der Waals surface area contributed by atoms with Gasteiger partial charge in [-0.05, 0) is 24.3 Å². The Kier molecular flexibility index (Phi) is 2.91. The van der Waals surface area contributed by atoms with Crippen molar-refractivity contribution in [1.29, 1.82) is 0 Å². The number of nitrogens with one attached hydrogen (secondary N) is 1. The topological polar surface area (TPSA) is 17.0 Å². The van der Waals surface area contributed by atoms with Gasteiger partial charge < -0.3 is 9.88 Å². The summed E-state index contributed by atoms with van der Waals surface area (Å²) in [7, 11) is 0. The van der Waals surface area contributed by atoms with Gasteiger partial charge in [0.25, 0.3) is 0 Å². The van der Waals surface area contributed by atoms with Gasteiger partial charge in [0.2, 0.25) is 0 Å². The van der Waals surface area contributed by atoms with E-state index in [4.69, 9.17) is 11.6 Å². The maximum atomic E-state index is 5.96. The molecule has 1 aromatic carbocycles. The third-order valence-corrected chi connectivity index (χ3v) is 3.00. The summed E-state index contributed by atoms with van der Waals surface area (Å²) in [6.07, 6.45) is 0. The van der Waals surface area contributed by atoms with Gasteiger partial charge in [0, 0.05) is 41.3 Å². The lowest BCUT2D eigenvalue weighted by atomic mass is 10.2. The Bertz CT molecular complexity index is 491. The molecule has 4 heteroatoms. The fraction of sp³-hybridized carbons (Fsp3) is 0.273. The van der Waals surface area contributed by atoms with Crippen molar-refractivity contribution in [2.45, 2.75) is 13.1 Å². The number of hydrogen-bond donors (Lipinski definition) is 1. The second-order valence-electron chi connectivity index (χ2n) is 3.67. The highest BCUT2D eigenvalue weighted by Crippen LogP contribution is 2.24. The first-order chi connectivity index (χ1) is 6.84. The molecule has 0 unspecified atom stereocenters. The van der Waals surface area contributed by atoms with Crippen LogP contribution in [0.15, 0.2) is 24.3 Å². The molecule has 0 saturated carbocycles. The molecule has 2 nitrogen and oxygen atoms in total. The first-order valence-corrected chi connectivity index (χ1v) is 5.21. The monoisotopic (exact) mass is 242 g/mol. The molecule has 1 N–H and O–H groups in total. The number of rotatable bonds is 0. The Morgan fingerprint density at radius 3 is 3.00 bits per heavy atom. The number of benzene rings is 1. The van der Waals surface area contributed by atoms with E-state index in [0.717, 1.165) is 24.7 Å². The molecule has 1 aliphatic heterocycles. The van der Waals surface area contributed by atoms with Gasteiger partial charge in [-0.1, -0.05) is 11.6 Å². The standard InChI is InChI=1S/C11H11ClN2.ClH/c12-9-1-2-11-8(5-9)6-10-7-13-3-4-14(10)11;/h1-2,5-6,13H,3-4,7H2;1H. The molecule has 1 aliphatic rings. The maximum Gasteiger partial charge on any atom is 0.0484 e. The number of aromatic nitrogens is 1. The van der Waals surface area contributed by atoms with Crippen LogP contribution in [0.2, 0.25) is 5.02 Å². The van der Waals surface area contributed by atoms with Crippen molar-refractivity contribution in [3.8, 4) is 0 Å². The molecule has 0 fully saturated rings. The lowest BCUT2D eigenvalue weighted by Gasteiger charge is -2.16. The number of nitrogens with zero attached hydrogens (tertiary/aromatic N) is 1. The molecular formula is C11H12Cl2N2. The van der Waals surface area contributed by atoms with Crippen molar-refractivity contribution in [1.82, 2.24) is 9.88 Å². The van der Waals surface area contributed by atoms with Crippen LogP contribution in [0.5, 0.6) is 0 Å². The van der Waals surface area contributed by atoms with E-state index in [9.17, 15) is 0 Å². The summed E-state index contributed by atoms with van der Waals surface area (Å²) in [6, 6.07) is 8.31. The summed E-state index contributed by atoms with van der Waals surface area (Å²) in [5, 5.41) is 5.42. The summed E-state index contributed by atoms with van der Waals surface area (Å²) in [6.45, 7) is 3.08. The molecule has 0 saturated heterocycles. The van der Waals surface area contributed by atoms with Crippen molar-refractivity contribution in [3.05, 3.63) is 35.0 Å². The Hall–Kier alpha value is -0.700. The summed E-state index contributed by atoms with van der Waals surface area (Å²) < 4.78 is 2.36. The Morgan fingerprint density at radius 1 is 1.27 bits per heavy atom. The molecule has 15 heavy (non-hydrogen) atoms. The highest BCUT2D eigenvalue weighted by atomic mass is 35.5. The van der Waals surface area contributed by atoms with Gasteiger partial charge >= 0.3 is 0 Å². The van der Waals surface area contributed by atoms with Gasteiger partial charge in [0.1, 0.15) is 0 Å². The van der Waals surface area contributed by atoms with Crippen LogP contribution in [0.3, 0.4) is 0 Å². The predicted molar refractivity (Wildman–Crippen MR) is 65.9 cm³/mol. The second kappa shape index (κ2) is 4.05. The maximum absolute atomic E-state index is 5.96. The van der Waals surface area contributed by atoms with Crippen LogP contribution >= 0.6 is 24.0 Å². The van der Waals surface area contributed by atoms with Gasteiger partial charge in [-0.2, -0.15) is 0 Å². The third kappa shape index (κ3) is 1.73. The zero-order valence-electron chi connectivity index (χ0n) is 8.16. The molecule has 2 aromatic rings. The van der Waals surface area contributed by atoms with E-state index in [1.165, 1.54) is 16.6 Å². The van der Waals surface area contributed by atoms with E-state index in [2.05, 4.69) is 22.0 Å². The van der Waals surface area contributed by atoms with Gasteiger partial charge in [0.15, 0.2) is 0 Å². The summed E-state index contributed by atoms with van der Waals surface area (Å²) in [4.78, 5) is 0. The Morgan fingerprint density at radius 2 is 2.13 bits per heavy atom. The highest BCUT2D eigenvalue weighted by Gasteiger charge is 2.11. The van der Waals surface area contributed by atoms with E-state index in [1.807, 2.05) is 12.1 Å². The van der Waals surface area contributed by atoms with E-state index in [-0.39, 0.29) is 12.4 Å². The average Bonchev–Trinajstić information content (AvgIpc) is 2.54. The smallest absolute Gasteiger partial charge is 0.0484 e. The van der Waals surface area contributed by atoms with Gasteiger partial charge in [-0.3, -0.25) is 0 Å². The minimum atomic E-state index is 0. The fourth-order valence-electron chi connectivity index (χ4n) is 2.12. The molecule has 0 bridgehead atoms. The normalized spacial score (nSPS) is 14.7. The van der Waals surface area contributed by atoms with Crippen molar-refractivity contribution in [2.75, 3.05) is 6.54 Å². The molecule has 80 valence electrons. The predicted octanol–water partition coefficient (Wildman–Crippen LogP) is 2.82. The van der Waals surface area contributed by atoms with E-state index in [0.29, 0.717) is 0 Å². The molecule has 3 rings (SSSR count). The zero-order chi connectivity index (χ0) is 9.54. The van der Waals surface area contributed by atoms with Crippen LogP contribution in [0.4, 0.5) is 0 Å². The Labute approximate surface area is 99.6 Å². The zero-order valence-corrected chi connectivity index (χ0v) is 9.74. The van der Waals surface area contributed by atoms with Gasteiger partial charge in [-0.15, -0.1) is 12.4 Å². The quantitative estimate of drug-likeness (QED) is 0.752. The van der Waals surface area contributed by atoms with Gasteiger partial charge in [-0.25, -0.2) is 0 Å². The summed E-state index contributed by atoms with van der Waals surface area (Å²) >= 11 is 5.96. The minimum Gasteiger partial charge on any atom is -0.342 e. The summed E-state index contributed by atoms with van der Waals surface area (Å²) in [5.74, 6) is 0. The van der Waals surface area contributed by atoms with Crippen LogP contribution in [0.1, 0.15) is 5.69 Å².